The zero-order valence-electron chi connectivity index (χ0n) is 16.3. The van der Waals surface area contributed by atoms with Crippen LogP contribution in [0.25, 0.3) is 17.4 Å². The van der Waals surface area contributed by atoms with Crippen LogP contribution >= 0.6 is 11.8 Å². The molecule has 0 fully saturated rings. The minimum atomic E-state index is -0.582. The van der Waals surface area contributed by atoms with Gasteiger partial charge in [0.2, 0.25) is 5.17 Å². The highest BCUT2D eigenvalue weighted by Crippen LogP contribution is 2.33. The van der Waals surface area contributed by atoms with E-state index in [1.165, 1.54) is 28.9 Å². The Kier molecular flexibility index (Phi) is 4.75. The summed E-state index contributed by atoms with van der Waals surface area (Å²) in [5, 5.41) is 26.5. The number of amides is 1. The molecule has 0 aliphatic carbocycles. The lowest BCUT2D eigenvalue weighted by Gasteiger charge is -2.19. The predicted octanol–water partition coefficient (Wildman–Crippen LogP) is 4.52. The van der Waals surface area contributed by atoms with E-state index < -0.39 is 10.8 Å². The van der Waals surface area contributed by atoms with E-state index in [0.29, 0.717) is 15.8 Å². The molecule has 0 saturated heterocycles. The Hall–Kier alpha value is -4.31. The molecule has 2 aromatic carbocycles. The summed E-state index contributed by atoms with van der Waals surface area (Å²) in [6.45, 7) is 0. The predicted molar refractivity (Wildman–Crippen MR) is 121 cm³/mol. The summed E-state index contributed by atoms with van der Waals surface area (Å²) in [5.41, 5.74) is 1.10. The molecule has 10 heteroatoms. The Labute approximate surface area is 185 Å². The van der Waals surface area contributed by atoms with Crippen LogP contribution in [0.5, 0.6) is 0 Å². The van der Waals surface area contributed by atoms with Crippen molar-refractivity contribution in [1.82, 2.24) is 5.01 Å². The Balaban J connectivity index is 1.46. The number of hydrogen-bond acceptors (Lipinski definition) is 7. The maximum Gasteiger partial charge on any atom is 0.283 e. The number of fused-ring (bicyclic) bond motifs is 1. The van der Waals surface area contributed by atoms with Crippen LogP contribution < -0.4 is 0 Å². The maximum atomic E-state index is 12.6. The molecule has 0 saturated carbocycles. The summed E-state index contributed by atoms with van der Waals surface area (Å²) in [6, 6.07) is 18.8. The smallest absolute Gasteiger partial charge is 0.283 e. The van der Waals surface area contributed by atoms with Crippen LogP contribution in [-0.4, -0.2) is 31.9 Å². The molecule has 1 amide bonds. The van der Waals surface area contributed by atoms with Gasteiger partial charge in [-0.05, 0) is 36.0 Å². The van der Waals surface area contributed by atoms with E-state index in [-0.39, 0.29) is 28.6 Å². The lowest BCUT2D eigenvalue weighted by Crippen LogP contribution is -2.35. The van der Waals surface area contributed by atoms with Gasteiger partial charge in [0.1, 0.15) is 16.6 Å². The third kappa shape index (κ3) is 3.42. The van der Waals surface area contributed by atoms with Crippen molar-refractivity contribution in [2.24, 2.45) is 10.1 Å². The van der Waals surface area contributed by atoms with Gasteiger partial charge in [-0.1, -0.05) is 42.5 Å². The lowest BCUT2D eigenvalue weighted by molar-refractivity contribution is -0.384. The molecule has 0 unspecified atom stereocenters. The highest BCUT2D eigenvalue weighted by molar-refractivity contribution is 8.27. The van der Waals surface area contributed by atoms with Crippen molar-refractivity contribution in [1.29, 1.82) is 5.41 Å². The highest BCUT2D eigenvalue weighted by Gasteiger charge is 2.36. The van der Waals surface area contributed by atoms with Crippen LogP contribution in [0.1, 0.15) is 11.3 Å². The molecule has 0 bridgehead atoms. The number of amidine groups is 2. The zero-order valence-corrected chi connectivity index (χ0v) is 17.1. The molecule has 156 valence electrons. The van der Waals surface area contributed by atoms with Gasteiger partial charge in [-0.25, -0.2) is 0 Å². The average molecular weight is 443 g/mol. The van der Waals surface area contributed by atoms with Crippen LogP contribution in [-0.2, 0) is 4.79 Å². The quantitative estimate of drug-likeness (QED) is 0.359. The van der Waals surface area contributed by atoms with E-state index in [0.717, 1.165) is 5.56 Å². The summed E-state index contributed by atoms with van der Waals surface area (Å²) in [4.78, 5) is 27.5. The van der Waals surface area contributed by atoms with Gasteiger partial charge in [0.15, 0.2) is 5.84 Å². The summed E-state index contributed by atoms with van der Waals surface area (Å²) >= 11 is 1.22. The van der Waals surface area contributed by atoms with Gasteiger partial charge in [-0.3, -0.25) is 20.3 Å². The van der Waals surface area contributed by atoms with E-state index in [1.807, 2.05) is 30.3 Å². The van der Waals surface area contributed by atoms with Crippen LogP contribution in [0.2, 0.25) is 0 Å². The van der Waals surface area contributed by atoms with Gasteiger partial charge in [-0.15, -0.1) is 0 Å². The van der Waals surface area contributed by atoms with Crippen LogP contribution in [0.4, 0.5) is 5.69 Å². The SMILES string of the molecule is N=C1C(=Cc2ccc(-c3ccccc3[N+](=O)[O-])o2)C(=O)N=C2SC(c3ccccc3)=NN12. The number of para-hydroxylation sites is 1. The second-order valence-corrected chi connectivity index (χ2v) is 7.72. The summed E-state index contributed by atoms with van der Waals surface area (Å²) in [6.07, 6.45) is 1.39. The number of carbonyl (C=O) groups is 1. The van der Waals surface area contributed by atoms with Crippen molar-refractivity contribution < 1.29 is 14.1 Å². The number of benzene rings is 2. The topological polar surface area (TPSA) is 125 Å². The van der Waals surface area contributed by atoms with Gasteiger partial charge >= 0.3 is 0 Å². The number of nitrogens with one attached hydrogen (secondary N) is 1. The van der Waals surface area contributed by atoms with E-state index >= 15 is 0 Å². The molecule has 3 heterocycles. The van der Waals surface area contributed by atoms with Gasteiger partial charge in [0, 0.05) is 11.6 Å². The largest absolute Gasteiger partial charge is 0.456 e. The fraction of sp³-hybridized carbons (Fsp3) is 0. The number of nitro benzene ring substituents is 1. The first-order chi connectivity index (χ1) is 15.5. The van der Waals surface area contributed by atoms with E-state index in [1.54, 1.807) is 30.3 Å². The Morgan fingerprint density at radius 2 is 1.81 bits per heavy atom. The number of hydrazone groups is 1. The lowest BCUT2D eigenvalue weighted by atomic mass is 10.1. The first-order valence-electron chi connectivity index (χ1n) is 9.40. The standard InChI is InChI=1S/C22H13N5O4S/c23-19-16(12-14-10-11-18(31-14)15-8-4-5-9-17(15)27(29)30)20(28)24-22-26(19)25-21(32-22)13-6-2-1-3-7-13/h1-12,23H. The molecule has 0 spiro atoms. The van der Waals surface area contributed by atoms with Gasteiger partial charge < -0.3 is 4.42 Å². The first-order valence-corrected chi connectivity index (χ1v) is 10.2. The third-order valence-corrected chi connectivity index (χ3v) is 5.71. The number of hydrogen-bond donors (Lipinski definition) is 1. The molecule has 9 nitrogen and oxygen atoms in total. The van der Waals surface area contributed by atoms with Crippen molar-refractivity contribution in [3.8, 4) is 11.3 Å². The Bertz CT molecular complexity index is 1370. The molecule has 1 N–H and O–H groups in total. The molecular weight excluding hydrogens is 430 g/mol. The van der Waals surface area contributed by atoms with Crippen LogP contribution in [0, 0.1) is 15.5 Å². The molecule has 2 aliphatic rings. The number of nitrogens with zero attached hydrogens (tertiary/aromatic N) is 4. The van der Waals surface area contributed by atoms with E-state index in [4.69, 9.17) is 9.83 Å². The summed E-state index contributed by atoms with van der Waals surface area (Å²) in [7, 11) is 0. The zero-order chi connectivity index (χ0) is 22.2. The fourth-order valence-corrected chi connectivity index (χ4v) is 4.14. The van der Waals surface area contributed by atoms with Gasteiger partial charge in [0.05, 0.1) is 16.1 Å². The minimum Gasteiger partial charge on any atom is -0.456 e. The molecule has 5 rings (SSSR count). The first kappa shape index (κ1) is 19.6. The Morgan fingerprint density at radius 3 is 2.59 bits per heavy atom. The van der Waals surface area contributed by atoms with Gasteiger partial charge in [-0.2, -0.15) is 15.1 Å². The number of nitro groups is 1. The monoisotopic (exact) mass is 443 g/mol. The average Bonchev–Trinajstić information content (AvgIpc) is 3.44. The highest BCUT2D eigenvalue weighted by atomic mass is 32.2. The Morgan fingerprint density at radius 1 is 1.06 bits per heavy atom. The maximum absolute atomic E-state index is 12.6. The van der Waals surface area contributed by atoms with Crippen molar-refractivity contribution in [3.05, 3.63) is 93.7 Å². The number of aliphatic imine (C=N–C) groups is 1. The molecule has 0 radical (unpaired) electrons. The molecular formula is C22H13N5O4S. The molecule has 32 heavy (non-hydrogen) atoms. The molecule has 0 atom stereocenters. The van der Waals surface area contributed by atoms with Crippen molar-refractivity contribution >= 4 is 45.5 Å². The second kappa shape index (κ2) is 7.75. The van der Waals surface area contributed by atoms with Crippen molar-refractivity contribution in [2.45, 2.75) is 0 Å². The summed E-state index contributed by atoms with van der Waals surface area (Å²) < 4.78 is 5.72. The summed E-state index contributed by atoms with van der Waals surface area (Å²) in [5.74, 6) is -0.155. The second-order valence-electron chi connectivity index (χ2n) is 6.77. The number of carbonyl (C=O) groups excluding carboxylic acids is 1. The van der Waals surface area contributed by atoms with Crippen LogP contribution in [0.15, 0.2) is 86.8 Å². The van der Waals surface area contributed by atoms with Crippen LogP contribution in [0.3, 0.4) is 0 Å². The molecule has 3 aromatic rings. The minimum absolute atomic E-state index is 0.0101. The van der Waals surface area contributed by atoms with Crippen molar-refractivity contribution in [2.75, 3.05) is 0 Å². The van der Waals surface area contributed by atoms with Gasteiger partial charge in [0.25, 0.3) is 11.6 Å². The van der Waals surface area contributed by atoms with E-state index in [9.17, 15) is 14.9 Å². The number of rotatable bonds is 4. The number of furan rings is 1. The van der Waals surface area contributed by atoms with Crippen molar-refractivity contribution in [3.63, 3.8) is 0 Å². The number of thioether (sulfide) groups is 1. The van der Waals surface area contributed by atoms with E-state index in [2.05, 4.69) is 10.1 Å². The molecule has 2 aliphatic heterocycles. The molecule has 1 aromatic heterocycles. The third-order valence-electron chi connectivity index (χ3n) is 4.75. The normalized spacial score (nSPS) is 16.8. The fourth-order valence-electron chi connectivity index (χ4n) is 3.25.